The van der Waals surface area contributed by atoms with Crippen LogP contribution >= 0.6 is 0 Å². The summed E-state index contributed by atoms with van der Waals surface area (Å²) in [4.78, 5) is 25.4. The van der Waals surface area contributed by atoms with Crippen molar-refractivity contribution < 1.29 is 19.1 Å². The Morgan fingerprint density at radius 3 is 2.70 bits per heavy atom. The average molecular weight is 271 g/mol. The van der Waals surface area contributed by atoms with Gasteiger partial charge in [-0.15, -0.1) is 0 Å². The van der Waals surface area contributed by atoms with Crippen molar-refractivity contribution in [3.63, 3.8) is 0 Å². The Hall–Kier alpha value is -2.56. The van der Waals surface area contributed by atoms with E-state index in [9.17, 15) is 14.7 Å². The molecule has 0 saturated heterocycles. The van der Waals surface area contributed by atoms with Gasteiger partial charge in [0.15, 0.2) is 0 Å². The molecular formula is C15H13NO4. The highest BCUT2D eigenvalue weighted by atomic mass is 16.4. The number of hydrogen-bond donors (Lipinski definition) is 1. The molecule has 0 bridgehead atoms. The molecular weight excluding hydrogens is 258 g/mol. The van der Waals surface area contributed by atoms with E-state index < -0.39 is 12.0 Å². The molecule has 1 aliphatic rings. The lowest BCUT2D eigenvalue weighted by Crippen LogP contribution is -2.42. The Kier molecular flexibility index (Phi) is 2.82. The molecule has 1 atom stereocenters. The van der Waals surface area contributed by atoms with Crippen LogP contribution in [0.25, 0.3) is 0 Å². The van der Waals surface area contributed by atoms with Gasteiger partial charge in [0.05, 0.1) is 11.8 Å². The molecule has 0 aliphatic carbocycles. The lowest BCUT2D eigenvalue weighted by Gasteiger charge is -2.22. The van der Waals surface area contributed by atoms with E-state index in [2.05, 4.69) is 0 Å². The van der Waals surface area contributed by atoms with E-state index in [0.29, 0.717) is 23.4 Å². The van der Waals surface area contributed by atoms with E-state index in [1.165, 1.54) is 11.2 Å². The summed E-state index contributed by atoms with van der Waals surface area (Å²) in [6, 6.07) is 7.96. The first-order chi connectivity index (χ1) is 9.59. The molecule has 0 spiro atoms. The van der Waals surface area contributed by atoms with Gasteiger partial charge in [-0.2, -0.15) is 0 Å². The molecule has 3 rings (SSSR count). The molecule has 1 aromatic carbocycles. The summed E-state index contributed by atoms with van der Waals surface area (Å²) in [6.45, 7) is 1.69. The summed E-state index contributed by atoms with van der Waals surface area (Å²) in [5.74, 6) is -0.854. The van der Waals surface area contributed by atoms with Crippen LogP contribution < -0.4 is 4.90 Å². The fourth-order valence-corrected chi connectivity index (χ4v) is 2.57. The predicted octanol–water partition coefficient (Wildman–Crippen LogP) is 2.24. The van der Waals surface area contributed by atoms with Crippen molar-refractivity contribution in [2.24, 2.45) is 0 Å². The number of benzene rings is 1. The number of carbonyl (C=O) groups is 2. The average Bonchev–Trinajstić information content (AvgIpc) is 3.01. The topological polar surface area (TPSA) is 70.8 Å². The second-order valence-electron chi connectivity index (χ2n) is 4.75. The van der Waals surface area contributed by atoms with E-state index in [4.69, 9.17) is 4.42 Å². The Bertz CT molecular complexity index is 689. The van der Waals surface area contributed by atoms with Gasteiger partial charge in [0, 0.05) is 12.1 Å². The molecule has 102 valence electrons. The maximum absolute atomic E-state index is 12.6. The molecule has 2 heterocycles. The van der Waals surface area contributed by atoms with Crippen LogP contribution in [0.2, 0.25) is 0 Å². The third-order valence-corrected chi connectivity index (χ3v) is 3.57. The fourth-order valence-electron chi connectivity index (χ4n) is 2.57. The summed E-state index contributed by atoms with van der Waals surface area (Å²) in [6.07, 6.45) is 1.76. The highest BCUT2D eigenvalue weighted by Gasteiger charge is 2.39. The van der Waals surface area contributed by atoms with Crippen LogP contribution in [0.15, 0.2) is 41.0 Å². The minimum absolute atomic E-state index is 0.328. The zero-order valence-corrected chi connectivity index (χ0v) is 10.9. The number of fused-ring (bicyclic) bond motifs is 1. The van der Waals surface area contributed by atoms with Crippen molar-refractivity contribution in [3.8, 4) is 0 Å². The Morgan fingerprint density at radius 1 is 1.30 bits per heavy atom. The van der Waals surface area contributed by atoms with Crippen LogP contribution in [0.3, 0.4) is 0 Å². The monoisotopic (exact) mass is 271 g/mol. The minimum atomic E-state index is -1.00. The quantitative estimate of drug-likeness (QED) is 0.909. The van der Waals surface area contributed by atoms with Crippen LogP contribution in [0, 0.1) is 6.92 Å². The smallest absolute Gasteiger partial charge is 0.327 e. The van der Waals surface area contributed by atoms with Gasteiger partial charge in [-0.3, -0.25) is 9.69 Å². The molecule has 20 heavy (non-hydrogen) atoms. The van der Waals surface area contributed by atoms with Gasteiger partial charge >= 0.3 is 5.97 Å². The van der Waals surface area contributed by atoms with Gasteiger partial charge < -0.3 is 9.52 Å². The number of anilines is 1. The summed E-state index contributed by atoms with van der Waals surface area (Å²) in [7, 11) is 0. The van der Waals surface area contributed by atoms with Gasteiger partial charge in [0.2, 0.25) is 0 Å². The number of hydrogen-bond acceptors (Lipinski definition) is 3. The van der Waals surface area contributed by atoms with Gasteiger partial charge in [-0.1, -0.05) is 18.2 Å². The summed E-state index contributed by atoms with van der Waals surface area (Å²) < 4.78 is 5.13. The molecule has 5 nitrogen and oxygen atoms in total. The minimum Gasteiger partial charge on any atom is -0.480 e. The highest BCUT2D eigenvalue weighted by molar-refractivity contribution is 6.11. The molecule has 0 fully saturated rings. The Labute approximate surface area is 115 Å². The number of carboxylic acid groups (broad SMARTS) is 1. The standard InChI is InChI=1S/C15H13NO4/c1-9-11(6-7-20-9)14(17)16-12-5-3-2-4-10(12)8-13(16)15(18)19/h2-7,13H,8H2,1H3,(H,18,19). The highest BCUT2D eigenvalue weighted by Crippen LogP contribution is 2.33. The first-order valence-electron chi connectivity index (χ1n) is 6.28. The van der Waals surface area contributed by atoms with Crippen molar-refractivity contribution >= 4 is 17.6 Å². The molecule has 1 N–H and O–H groups in total. The first-order valence-corrected chi connectivity index (χ1v) is 6.28. The van der Waals surface area contributed by atoms with E-state index in [0.717, 1.165) is 5.56 Å². The van der Waals surface area contributed by atoms with E-state index in [1.54, 1.807) is 25.1 Å². The Balaban J connectivity index is 2.07. The van der Waals surface area contributed by atoms with Crippen LogP contribution in [0.4, 0.5) is 5.69 Å². The van der Waals surface area contributed by atoms with Gasteiger partial charge in [0.25, 0.3) is 5.91 Å². The maximum atomic E-state index is 12.6. The third kappa shape index (κ3) is 1.79. The third-order valence-electron chi connectivity index (χ3n) is 3.57. The molecule has 0 radical (unpaired) electrons. The summed E-state index contributed by atoms with van der Waals surface area (Å²) >= 11 is 0. The SMILES string of the molecule is Cc1occc1C(=O)N1c2ccccc2CC1C(=O)O. The molecule has 1 aliphatic heterocycles. The van der Waals surface area contributed by atoms with Crippen LogP contribution in [0.5, 0.6) is 0 Å². The van der Waals surface area contributed by atoms with Crippen molar-refractivity contribution in [3.05, 3.63) is 53.5 Å². The van der Waals surface area contributed by atoms with Crippen molar-refractivity contribution in [2.45, 2.75) is 19.4 Å². The number of aliphatic carboxylic acids is 1. The summed E-state index contributed by atoms with van der Waals surface area (Å²) in [5, 5.41) is 9.35. The fraction of sp³-hybridized carbons (Fsp3) is 0.200. The number of carboxylic acids is 1. The molecule has 5 heteroatoms. The largest absolute Gasteiger partial charge is 0.480 e. The molecule has 1 amide bonds. The number of amides is 1. The van der Waals surface area contributed by atoms with E-state index >= 15 is 0 Å². The number of rotatable bonds is 2. The van der Waals surface area contributed by atoms with Crippen LogP contribution in [-0.4, -0.2) is 23.0 Å². The summed E-state index contributed by atoms with van der Waals surface area (Å²) in [5.41, 5.74) is 1.92. The van der Waals surface area contributed by atoms with E-state index in [1.807, 2.05) is 12.1 Å². The normalized spacial score (nSPS) is 17.1. The van der Waals surface area contributed by atoms with Crippen LogP contribution in [0.1, 0.15) is 21.7 Å². The lowest BCUT2D eigenvalue weighted by molar-refractivity contribution is -0.138. The van der Waals surface area contributed by atoms with Crippen molar-refractivity contribution in [2.75, 3.05) is 4.90 Å². The molecule has 0 saturated carbocycles. The van der Waals surface area contributed by atoms with Crippen LogP contribution in [-0.2, 0) is 11.2 Å². The molecule has 2 aromatic rings. The first kappa shape index (κ1) is 12.5. The number of furan rings is 1. The number of para-hydroxylation sites is 1. The van der Waals surface area contributed by atoms with Crippen molar-refractivity contribution in [1.29, 1.82) is 0 Å². The maximum Gasteiger partial charge on any atom is 0.327 e. The number of carbonyl (C=O) groups excluding carboxylic acids is 1. The predicted molar refractivity (Wildman–Crippen MR) is 71.8 cm³/mol. The zero-order chi connectivity index (χ0) is 14.3. The second-order valence-corrected chi connectivity index (χ2v) is 4.75. The van der Waals surface area contributed by atoms with Crippen molar-refractivity contribution in [1.82, 2.24) is 0 Å². The lowest BCUT2D eigenvalue weighted by atomic mass is 10.1. The molecule has 1 aromatic heterocycles. The van der Waals surface area contributed by atoms with Gasteiger partial charge in [-0.25, -0.2) is 4.79 Å². The number of nitrogens with zero attached hydrogens (tertiary/aromatic N) is 1. The molecule has 1 unspecified atom stereocenters. The number of aryl methyl sites for hydroxylation is 1. The zero-order valence-electron chi connectivity index (χ0n) is 10.9. The second kappa shape index (κ2) is 4.52. The van der Waals surface area contributed by atoms with Gasteiger partial charge in [0.1, 0.15) is 11.8 Å². The Morgan fingerprint density at radius 2 is 2.05 bits per heavy atom. The van der Waals surface area contributed by atoms with Gasteiger partial charge in [-0.05, 0) is 24.6 Å². The van der Waals surface area contributed by atoms with E-state index in [-0.39, 0.29) is 5.91 Å².